The van der Waals surface area contributed by atoms with E-state index in [0.717, 1.165) is 16.8 Å². The molecule has 0 radical (unpaired) electrons. The molecule has 3 rings (SSSR count). The lowest BCUT2D eigenvalue weighted by Crippen LogP contribution is -2.32. The number of ether oxygens (including phenoxy) is 1. The number of rotatable bonds is 5. The number of aromatic nitrogens is 2. The van der Waals surface area contributed by atoms with Crippen molar-refractivity contribution in [3.8, 4) is 11.4 Å². The smallest absolute Gasteiger partial charge is 0.295 e. The first-order valence-corrected chi connectivity index (χ1v) is 9.18. The van der Waals surface area contributed by atoms with Crippen LogP contribution < -0.4 is 15.6 Å². The fourth-order valence-corrected chi connectivity index (χ4v) is 2.98. The summed E-state index contributed by atoms with van der Waals surface area (Å²) in [4.78, 5) is 25.5. The Hall–Kier alpha value is -3.28. The first-order chi connectivity index (χ1) is 13.3. The lowest BCUT2D eigenvalue weighted by atomic mass is 10.1. The third kappa shape index (κ3) is 3.71. The van der Waals surface area contributed by atoms with Crippen molar-refractivity contribution < 1.29 is 9.53 Å². The number of nitrogens with one attached hydrogen (secondary N) is 1. The van der Waals surface area contributed by atoms with E-state index in [2.05, 4.69) is 5.32 Å². The van der Waals surface area contributed by atoms with Crippen LogP contribution in [0.25, 0.3) is 5.69 Å². The molecule has 1 amide bonds. The molecule has 0 fully saturated rings. The molecule has 0 spiro atoms. The number of hydrogen-bond acceptors (Lipinski definition) is 3. The molecule has 1 aromatic heterocycles. The number of aryl methyl sites for hydroxylation is 2. The van der Waals surface area contributed by atoms with Gasteiger partial charge in [-0.1, -0.05) is 24.3 Å². The number of carbonyl (C=O) groups excluding carboxylic acids is 1. The van der Waals surface area contributed by atoms with Crippen LogP contribution in [0.5, 0.6) is 5.75 Å². The number of benzene rings is 2. The Bertz CT molecular complexity index is 1060. The zero-order chi connectivity index (χ0) is 20.4. The average molecular weight is 379 g/mol. The van der Waals surface area contributed by atoms with E-state index in [4.69, 9.17) is 4.74 Å². The van der Waals surface area contributed by atoms with Crippen LogP contribution in [-0.2, 0) is 11.8 Å². The normalized spacial score (nSPS) is 11.9. The van der Waals surface area contributed by atoms with E-state index in [1.54, 1.807) is 25.6 Å². The van der Waals surface area contributed by atoms with Crippen LogP contribution in [0.1, 0.15) is 23.7 Å². The van der Waals surface area contributed by atoms with Crippen LogP contribution in [0.4, 0.5) is 5.69 Å². The summed E-state index contributed by atoms with van der Waals surface area (Å²) in [5, 5.41) is 2.74. The topological polar surface area (TPSA) is 65.3 Å². The first-order valence-electron chi connectivity index (χ1n) is 9.18. The Morgan fingerprint density at radius 3 is 2.36 bits per heavy atom. The van der Waals surface area contributed by atoms with Crippen molar-refractivity contribution in [2.75, 3.05) is 5.32 Å². The van der Waals surface area contributed by atoms with E-state index in [1.807, 2.05) is 62.4 Å². The maximum absolute atomic E-state index is 12.9. The SMILES string of the molecule is Cc1ccc(O[C@@H](C)C(=O)Nc2c(C)n(C)n(-c3ccccc3)c2=O)cc1C. The second kappa shape index (κ2) is 7.76. The van der Waals surface area contributed by atoms with E-state index in [-0.39, 0.29) is 17.2 Å². The predicted octanol–water partition coefficient (Wildman–Crippen LogP) is 3.51. The molecular formula is C22H25N3O3. The monoisotopic (exact) mass is 379 g/mol. The van der Waals surface area contributed by atoms with Crippen molar-refractivity contribution in [3.05, 3.63) is 75.7 Å². The molecular weight excluding hydrogens is 354 g/mol. The number of anilines is 1. The van der Waals surface area contributed by atoms with Gasteiger partial charge in [-0.3, -0.25) is 14.3 Å². The Morgan fingerprint density at radius 2 is 1.71 bits per heavy atom. The average Bonchev–Trinajstić information content (AvgIpc) is 2.88. The molecule has 6 heteroatoms. The van der Waals surface area contributed by atoms with Crippen LogP contribution in [0.3, 0.4) is 0 Å². The molecule has 1 atom stereocenters. The molecule has 0 saturated carbocycles. The van der Waals surface area contributed by atoms with E-state index in [9.17, 15) is 9.59 Å². The van der Waals surface area contributed by atoms with Crippen molar-refractivity contribution in [1.29, 1.82) is 0 Å². The van der Waals surface area contributed by atoms with E-state index in [0.29, 0.717) is 11.4 Å². The number of para-hydroxylation sites is 1. The lowest BCUT2D eigenvalue weighted by Gasteiger charge is -2.15. The Kier molecular flexibility index (Phi) is 5.40. The number of hydrogen-bond donors (Lipinski definition) is 1. The molecule has 146 valence electrons. The maximum atomic E-state index is 12.9. The fourth-order valence-electron chi connectivity index (χ4n) is 2.98. The highest BCUT2D eigenvalue weighted by Gasteiger charge is 2.22. The van der Waals surface area contributed by atoms with Gasteiger partial charge in [0.2, 0.25) is 0 Å². The van der Waals surface area contributed by atoms with Gasteiger partial charge in [0.15, 0.2) is 6.10 Å². The summed E-state index contributed by atoms with van der Waals surface area (Å²) < 4.78 is 9.01. The second-order valence-electron chi connectivity index (χ2n) is 6.93. The minimum Gasteiger partial charge on any atom is -0.481 e. The highest BCUT2D eigenvalue weighted by Crippen LogP contribution is 2.19. The number of nitrogens with zero attached hydrogens (tertiary/aromatic N) is 2. The van der Waals surface area contributed by atoms with Crippen molar-refractivity contribution in [3.63, 3.8) is 0 Å². The van der Waals surface area contributed by atoms with Gasteiger partial charge >= 0.3 is 0 Å². The van der Waals surface area contributed by atoms with Gasteiger partial charge in [-0.15, -0.1) is 0 Å². The summed E-state index contributed by atoms with van der Waals surface area (Å²) in [6.45, 7) is 7.47. The Morgan fingerprint density at radius 1 is 1.04 bits per heavy atom. The standard InChI is InChI=1S/C22H25N3O3/c1-14-11-12-19(13-15(14)2)28-17(4)21(26)23-20-16(3)24(5)25(22(20)27)18-9-7-6-8-10-18/h6-13,17H,1-5H3,(H,23,26)/t17-/m0/s1. The highest BCUT2D eigenvalue weighted by atomic mass is 16.5. The van der Waals surface area contributed by atoms with Crippen LogP contribution in [0, 0.1) is 20.8 Å². The van der Waals surface area contributed by atoms with Gasteiger partial charge in [0.05, 0.1) is 11.4 Å². The summed E-state index contributed by atoms with van der Waals surface area (Å²) in [6, 6.07) is 15.0. The van der Waals surface area contributed by atoms with E-state index < -0.39 is 6.10 Å². The minimum atomic E-state index is -0.744. The van der Waals surface area contributed by atoms with Crippen LogP contribution >= 0.6 is 0 Å². The quantitative estimate of drug-likeness (QED) is 0.738. The van der Waals surface area contributed by atoms with Gasteiger partial charge in [-0.05, 0) is 63.1 Å². The second-order valence-corrected chi connectivity index (χ2v) is 6.93. The van der Waals surface area contributed by atoms with Crippen LogP contribution in [0.2, 0.25) is 0 Å². The zero-order valence-corrected chi connectivity index (χ0v) is 16.8. The molecule has 3 aromatic rings. The fraction of sp³-hybridized carbons (Fsp3) is 0.273. The molecule has 0 saturated heterocycles. The van der Waals surface area contributed by atoms with Crippen molar-refractivity contribution in [2.45, 2.75) is 33.8 Å². The summed E-state index contributed by atoms with van der Waals surface area (Å²) in [7, 11) is 1.79. The van der Waals surface area contributed by atoms with Crippen LogP contribution in [-0.4, -0.2) is 21.4 Å². The first kappa shape index (κ1) is 19.5. The maximum Gasteiger partial charge on any atom is 0.295 e. The largest absolute Gasteiger partial charge is 0.481 e. The van der Waals surface area contributed by atoms with Gasteiger partial charge in [0, 0.05) is 7.05 Å². The molecule has 0 bridgehead atoms. The van der Waals surface area contributed by atoms with Crippen LogP contribution in [0.15, 0.2) is 53.3 Å². The summed E-state index contributed by atoms with van der Waals surface area (Å²) in [5.74, 6) is 0.251. The van der Waals surface area contributed by atoms with Gasteiger partial charge in [-0.2, -0.15) is 0 Å². The lowest BCUT2D eigenvalue weighted by molar-refractivity contribution is -0.122. The number of amides is 1. The minimum absolute atomic E-state index is 0.256. The van der Waals surface area contributed by atoms with Gasteiger partial charge in [0.1, 0.15) is 11.4 Å². The molecule has 28 heavy (non-hydrogen) atoms. The van der Waals surface area contributed by atoms with Gasteiger partial charge in [0.25, 0.3) is 11.5 Å². The molecule has 2 aromatic carbocycles. The third-order valence-corrected chi connectivity index (χ3v) is 4.96. The number of carbonyl (C=O) groups is 1. The molecule has 0 aliphatic carbocycles. The molecule has 0 aliphatic rings. The molecule has 1 heterocycles. The molecule has 1 N–H and O–H groups in total. The van der Waals surface area contributed by atoms with E-state index in [1.165, 1.54) is 4.68 Å². The molecule has 0 unspecified atom stereocenters. The highest BCUT2D eigenvalue weighted by molar-refractivity contribution is 5.94. The summed E-state index contributed by atoms with van der Waals surface area (Å²) in [6.07, 6.45) is -0.744. The summed E-state index contributed by atoms with van der Waals surface area (Å²) in [5.41, 5.74) is 3.63. The Balaban J connectivity index is 1.82. The van der Waals surface area contributed by atoms with E-state index >= 15 is 0 Å². The Labute approximate surface area is 164 Å². The predicted molar refractivity (Wildman–Crippen MR) is 110 cm³/mol. The van der Waals surface area contributed by atoms with Crippen molar-refractivity contribution >= 4 is 11.6 Å². The van der Waals surface area contributed by atoms with Gasteiger partial charge < -0.3 is 10.1 Å². The molecule has 6 nitrogen and oxygen atoms in total. The van der Waals surface area contributed by atoms with Crippen molar-refractivity contribution in [1.82, 2.24) is 9.36 Å². The summed E-state index contributed by atoms with van der Waals surface area (Å²) >= 11 is 0. The third-order valence-electron chi connectivity index (χ3n) is 4.96. The van der Waals surface area contributed by atoms with Gasteiger partial charge in [-0.25, -0.2) is 4.68 Å². The zero-order valence-electron chi connectivity index (χ0n) is 16.8. The molecule has 0 aliphatic heterocycles. The van der Waals surface area contributed by atoms with Crippen molar-refractivity contribution in [2.24, 2.45) is 7.05 Å².